The summed E-state index contributed by atoms with van der Waals surface area (Å²) in [5.41, 5.74) is 2.94. The van der Waals surface area contributed by atoms with Gasteiger partial charge in [0.2, 0.25) is 0 Å². The second kappa shape index (κ2) is 3.88. The van der Waals surface area contributed by atoms with Crippen LogP contribution in [-0.4, -0.2) is 9.97 Å². The second-order valence-corrected chi connectivity index (χ2v) is 3.88. The number of aromatic nitrogens is 2. The molecule has 0 N–H and O–H groups in total. The Morgan fingerprint density at radius 3 is 2.57 bits per heavy atom. The van der Waals surface area contributed by atoms with Gasteiger partial charge in [-0.25, -0.2) is 4.98 Å². The Kier molecular flexibility index (Phi) is 2.59. The predicted octanol–water partition coefficient (Wildman–Crippen LogP) is 3.21. The van der Waals surface area contributed by atoms with E-state index in [1.165, 1.54) is 0 Å². The Balaban J connectivity index is 2.44. The highest BCUT2D eigenvalue weighted by atomic mass is 79.9. The minimum absolute atomic E-state index is 0.831. The van der Waals surface area contributed by atoms with Crippen molar-refractivity contribution in [1.29, 1.82) is 0 Å². The molecule has 0 aliphatic rings. The van der Waals surface area contributed by atoms with Gasteiger partial charge in [0.15, 0.2) is 0 Å². The highest BCUT2D eigenvalue weighted by molar-refractivity contribution is 9.10. The summed E-state index contributed by atoms with van der Waals surface area (Å²) in [5.74, 6) is 0. The molecule has 2 aromatic rings. The lowest BCUT2D eigenvalue weighted by Gasteiger charge is -2.00. The van der Waals surface area contributed by atoms with Gasteiger partial charge in [0.05, 0.1) is 11.4 Å². The summed E-state index contributed by atoms with van der Waals surface area (Å²) in [6.45, 7) is 2.02. The van der Waals surface area contributed by atoms with Crippen LogP contribution in [0.2, 0.25) is 0 Å². The van der Waals surface area contributed by atoms with E-state index in [-0.39, 0.29) is 0 Å². The maximum absolute atomic E-state index is 4.33. The van der Waals surface area contributed by atoms with Crippen LogP contribution in [0, 0.1) is 6.92 Å². The normalized spacial score (nSPS) is 10.1. The Labute approximate surface area is 91.2 Å². The molecule has 0 unspecified atom stereocenters. The van der Waals surface area contributed by atoms with Crippen LogP contribution >= 0.6 is 15.9 Å². The summed E-state index contributed by atoms with van der Waals surface area (Å²) in [4.78, 5) is 8.63. The van der Waals surface area contributed by atoms with Crippen molar-refractivity contribution in [3.8, 4) is 11.4 Å². The first-order chi connectivity index (χ1) is 6.75. The third-order valence-corrected chi connectivity index (χ3v) is 2.33. The summed E-state index contributed by atoms with van der Waals surface area (Å²) in [5, 5.41) is 0. The number of pyridine rings is 2. The SMILES string of the molecule is Cc1ccc(-c2cccc(Br)n2)nc1. The number of halogens is 1. The molecule has 0 bridgehead atoms. The van der Waals surface area contributed by atoms with Crippen molar-refractivity contribution in [2.24, 2.45) is 0 Å². The molecule has 70 valence electrons. The molecule has 0 aliphatic carbocycles. The highest BCUT2D eigenvalue weighted by Gasteiger charge is 1.99. The lowest BCUT2D eigenvalue weighted by atomic mass is 10.2. The van der Waals surface area contributed by atoms with Crippen LogP contribution in [0.3, 0.4) is 0 Å². The minimum atomic E-state index is 0.831. The van der Waals surface area contributed by atoms with Gasteiger partial charge in [-0.1, -0.05) is 12.1 Å². The quantitative estimate of drug-likeness (QED) is 0.725. The number of nitrogens with zero attached hydrogens (tertiary/aromatic N) is 2. The molecule has 2 nitrogen and oxygen atoms in total. The van der Waals surface area contributed by atoms with E-state index < -0.39 is 0 Å². The average Bonchev–Trinajstić information content (AvgIpc) is 2.19. The maximum Gasteiger partial charge on any atom is 0.106 e. The number of rotatable bonds is 1. The van der Waals surface area contributed by atoms with Gasteiger partial charge in [-0.15, -0.1) is 0 Å². The van der Waals surface area contributed by atoms with Crippen molar-refractivity contribution in [3.63, 3.8) is 0 Å². The lowest BCUT2D eigenvalue weighted by molar-refractivity contribution is 1.20. The van der Waals surface area contributed by atoms with Crippen molar-refractivity contribution >= 4 is 15.9 Å². The lowest BCUT2D eigenvalue weighted by Crippen LogP contribution is -1.87. The van der Waals surface area contributed by atoms with Gasteiger partial charge < -0.3 is 0 Å². The van der Waals surface area contributed by atoms with Crippen LogP contribution in [-0.2, 0) is 0 Å². The smallest absolute Gasteiger partial charge is 0.106 e. The first kappa shape index (κ1) is 9.34. The van der Waals surface area contributed by atoms with E-state index in [1.807, 2.05) is 43.5 Å². The molecule has 0 aromatic carbocycles. The van der Waals surface area contributed by atoms with Crippen molar-refractivity contribution in [3.05, 3.63) is 46.7 Å². The van der Waals surface area contributed by atoms with E-state index in [0.717, 1.165) is 21.6 Å². The van der Waals surface area contributed by atoms with Crippen LogP contribution < -0.4 is 0 Å². The molecule has 2 rings (SSSR count). The third kappa shape index (κ3) is 1.99. The summed E-state index contributed by atoms with van der Waals surface area (Å²) in [6, 6.07) is 9.81. The zero-order valence-corrected chi connectivity index (χ0v) is 9.32. The summed E-state index contributed by atoms with van der Waals surface area (Å²) >= 11 is 3.33. The fraction of sp³-hybridized carbons (Fsp3) is 0.0909. The molecule has 0 saturated carbocycles. The van der Waals surface area contributed by atoms with Crippen molar-refractivity contribution in [2.75, 3.05) is 0 Å². The molecule has 0 radical (unpaired) electrons. The van der Waals surface area contributed by atoms with E-state index >= 15 is 0 Å². The van der Waals surface area contributed by atoms with E-state index in [9.17, 15) is 0 Å². The summed E-state index contributed by atoms with van der Waals surface area (Å²) in [6.07, 6.45) is 1.85. The second-order valence-electron chi connectivity index (χ2n) is 3.07. The maximum atomic E-state index is 4.33. The van der Waals surface area contributed by atoms with Gasteiger partial charge in [-0.3, -0.25) is 4.98 Å². The molecule has 0 fully saturated rings. The van der Waals surface area contributed by atoms with E-state index in [2.05, 4.69) is 25.9 Å². The van der Waals surface area contributed by atoms with Gasteiger partial charge >= 0.3 is 0 Å². The molecule has 2 heterocycles. The van der Waals surface area contributed by atoms with Gasteiger partial charge in [0, 0.05) is 6.20 Å². The summed E-state index contributed by atoms with van der Waals surface area (Å²) < 4.78 is 0.831. The van der Waals surface area contributed by atoms with Crippen LogP contribution in [0.25, 0.3) is 11.4 Å². The van der Waals surface area contributed by atoms with Crippen LogP contribution in [0.15, 0.2) is 41.1 Å². The Morgan fingerprint density at radius 1 is 1.07 bits per heavy atom. The highest BCUT2D eigenvalue weighted by Crippen LogP contribution is 2.16. The molecule has 0 aliphatic heterocycles. The molecule has 0 amide bonds. The fourth-order valence-electron chi connectivity index (χ4n) is 1.17. The standard InChI is InChI=1S/C11H9BrN2/c1-8-5-6-9(13-7-8)10-3-2-4-11(12)14-10/h2-7H,1H3. The van der Waals surface area contributed by atoms with Crippen molar-refractivity contribution < 1.29 is 0 Å². The number of hydrogen-bond acceptors (Lipinski definition) is 2. The van der Waals surface area contributed by atoms with E-state index in [0.29, 0.717) is 0 Å². The number of aryl methyl sites for hydroxylation is 1. The zero-order valence-electron chi connectivity index (χ0n) is 7.74. The fourth-order valence-corrected chi connectivity index (χ4v) is 1.51. The summed E-state index contributed by atoms with van der Waals surface area (Å²) in [7, 11) is 0. The first-order valence-corrected chi connectivity index (χ1v) is 5.10. The molecule has 0 saturated heterocycles. The molecular weight excluding hydrogens is 240 g/mol. The van der Waals surface area contributed by atoms with Crippen LogP contribution in [0.4, 0.5) is 0 Å². The molecule has 0 spiro atoms. The van der Waals surface area contributed by atoms with Crippen LogP contribution in [0.1, 0.15) is 5.56 Å². The molecular formula is C11H9BrN2. The Bertz CT molecular complexity index is 437. The molecule has 2 aromatic heterocycles. The van der Waals surface area contributed by atoms with Gasteiger partial charge in [0.25, 0.3) is 0 Å². The van der Waals surface area contributed by atoms with Crippen LogP contribution in [0.5, 0.6) is 0 Å². The molecule has 0 atom stereocenters. The molecule has 14 heavy (non-hydrogen) atoms. The number of hydrogen-bond donors (Lipinski definition) is 0. The average molecular weight is 249 g/mol. The monoisotopic (exact) mass is 248 g/mol. The van der Waals surface area contributed by atoms with E-state index in [4.69, 9.17) is 0 Å². The van der Waals surface area contributed by atoms with Gasteiger partial charge in [0.1, 0.15) is 4.60 Å². The van der Waals surface area contributed by atoms with E-state index in [1.54, 1.807) is 0 Å². The van der Waals surface area contributed by atoms with Crippen molar-refractivity contribution in [2.45, 2.75) is 6.92 Å². The zero-order chi connectivity index (χ0) is 9.97. The predicted molar refractivity (Wildman–Crippen MR) is 59.9 cm³/mol. The Morgan fingerprint density at radius 2 is 1.93 bits per heavy atom. The third-order valence-electron chi connectivity index (χ3n) is 1.89. The largest absolute Gasteiger partial charge is 0.254 e. The minimum Gasteiger partial charge on any atom is -0.254 e. The first-order valence-electron chi connectivity index (χ1n) is 4.31. The topological polar surface area (TPSA) is 25.8 Å². The molecule has 3 heteroatoms. The van der Waals surface area contributed by atoms with Gasteiger partial charge in [-0.05, 0) is 46.6 Å². The Hall–Kier alpha value is -1.22. The van der Waals surface area contributed by atoms with Gasteiger partial charge in [-0.2, -0.15) is 0 Å². The van der Waals surface area contributed by atoms with Crippen molar-refractivity contribution in [1.82, 2.24) is 9.97 Å².